The van der Waals surface area contributed by atoms with Crippen LogP contribution in [0, 0.1) is 5.82 Å². The highest BCUT2D eigenvalue weighted by molar-refractivity contribution is 5.98. The molecule has 11 nitrogen and oxygen atoms in total. The van der Waals surface area contributed by atoms with E-state index in [0.717, 1.165) is 38.4 Å². The molecule has 3 aromatic heterocycles. The summed E-state index contributed by atoms with van der Waals surface area (Å²) < 4.78 is 33.7. The summed E-state index contributed by atoms with van der Waals surface area (Å²) in [5, 5.41) is 3.82. The third-order valence-electron chi connectivity index (χ3n) is 7.74. The van der Waals surface area contributed by atoms with Crippen molar-refractivity contribution < 1.29 is 18.6 Å². The lowest BCUT2D eigenvalue weighted by molar-refractivity contribution is 0.144. The van der Waals surface area contributed by atoms with Crippen LogP contribution in [0.1, 0.15) is 5.56 Å². The first-order valence-corrected chi connectivity index (χ1v) is 14.8. The van der Waals surface area contributed by atoms with E-state index < -0.39 is 5.82 Å². The van der Waals surface area contributed by atoms with E-state index in [-0.39, 0.29) is 18.9 Å². The van der Waals surface area contributed by atoms with Crippen molar-refractivity contribution in [3.63, 3.8) is 0 Å². The summed E-state index contributed by atoms with van der Waals surface area (Å²) >= 11 is 0. The predicted octanol–water partition coefficient (Wildman–Crippen LogP) is 4.48. The van der Waals surface area contributed by atoms with Gasteiger partial charge in [-0.1, -0.05) is 18.2 Å². The van der Waals surface area contributed by atoms with E-state index in [0.29, 0.717) is 46.3 Å². The van der Waals surface area contributed by atoms with Gasteiger partial charge in [-0.3, -0.25) is 14.3 Å². The van der Waals surface area contributed by atoms with Crippen LogP contribution in [-0.2, 0) is 18.0 Å². The zero-order valence-electron chi connectivity index (χ0n) is 25.3. The molecule has 0 amide bonds. The second kappa shape index (κ2) is 13.9. The predicted molar refractivity (Wildman–Crippen MR) is 170 cm³/mol. The SMILES string of the molecule is COCCOc1nc(Nc2ccc(CN3CCN(C)CC3)cc2)nc2[nH]cc(-c3ccc(OCn4ccccc4=O)cc3F)c12. The molecule has 1 saturated heterocycles. The molecule has 5 aromatic rings. The lowest BCUT2D eigenvalue weighted by Gasteiger charge is -2.32. The van der Waals surface area contributed by atoms with Crippen molar-refractivity contribution in [2.75, 3.05) is 58.9 Å². The molecule has 0 radical (unpaired) electrons. The Bertz CT molecular complexity index is 1800. The summed E-state index contributed by atoms with van der Waals surface area (Å²) in [7, 11) is 3.75. The lowest BCUT2D eigenvalue weighted by Crippen LogP contribution is -2.43. The van der Waals surface area contributed by atoms with Crippen LogP contribution in [0.15, 0.2) is 77.9 Å². The van der Waals surface area contributed by atoms with Crippen LogP contribution in [0.2, 0.25) is 0 Å². The van der Waals surface area contributed by atoms with Gasteiger partial charge in [-0.05, 0) is 42.9 Å². The maximum absolute atomic E-state index is 15.5. The van der Waals surface area contributed by atoms with E-state index in [2.05, 4.69) is 49.2 Å². The van der Waals surface area contributed by atoms with Gasteiger partial charge in [0.15, 0.2) is 6.73 Å². The smallest absolute Gasteiger partial charge is 0.253 e. The van der Waals surface area contributed by atoms with Crippen LogP contribution in [0.25, 0.3) is 22.2 Å². The standard InChI is InChI=1S/C33H36FN7O4/c1-39-13-15-40(16-14-39)21-23-6-8-24(9-7-23)36-33-37-31-30(32(38-33)44-18-17-43-2)27(20-35-31)26-11-10-25(19-28(26)34)45-22-41-12-4-3-5-29(41)42/h3-12,19-20H,13-18,21-22H2,1-2H3,(H2,35,36,37,38). The average molecular weight is 614 g/mol. The number of ether oxygens (including phenoxy) is 3. The molecule has 1 aliphatic rings. The Morgan fingerprint density at radius 2 is 1.78 bits per heavy atom. The number of aromatic amines is 1. The highest BCUT2D eigenvalue weighted by Crippen LogP contribution is 2.37. The summed E-state index contributed by atoms with van der Waals surface area (Å²) in [5.41, 5.74) is 3.23. The fourth-order valence-corrected chi connectivity index (χ4v) is 5.20. The summed E-state index contributed by atoms with van der Waals surface area (Å²) in [6.07, 6.45) is 3.29. The summed E-state index contributed by atoms with van der Waals surface area (Å²) in [4.78, 5) is 29.2. The Kier molecular flexibility index (Phi) is 9.34. The first kappa shape index (κ1) is 30.3. The molecule has 0 spiro atoms. The monoisotopic (exact) mass is 613 g/mol. The number of rotatable bonds is 12. The Hall–Kier alpha value is -4.78. The number of H-pyrrole nitrogens is 1. The number of piperazine rings is 1. The fraction of sp³-hybridized carbons (Fsp3) is 0.303. The Labute approximate surface area is 260 Å². The van der Waals surface area contributed by atoms with Gasteiger partial charge in [0.2, 0.25) is 11.8 Å². The molecule has 6 rings (SSSR count). The van der Waals surface area contributed by atoms with Gasteiger partial charge in [-0.25, -0.2) is 4.39 Å². The number of hydrogen-bond acceptors (Lipinski definition) is 9. The van der Waals surface area contributed by atoms with Gasteiger partial charge in [0.25, 0.3) is 5.56 Å². The molecule has 1 fully saturated rings. The van der Waals surface area contributed by atoms with Crippen LogP contribution in [0.3, 0.4) is 0 Å². The van der Waals surface area contributed by atoms with Crippen molar-refractivity contribution in [1.29, 1.82) is 0 Å². The van der Waals surface area contributed by atoms with Crippen LogP contribution < -0.4 is 20.3 Å². The van der Waals surface area contributed by atoms with Crippen LogP contribution in [0.4, 0.5) is 16.0 Å². The number of hydrogen-bond donors (Lipinski definition) is 2. The molecule has 0 aliphatic carbocycles. The minimum Gasteiger partial charge on any atom is -0.475 e. The molecule has 4 heterocycles. The number of nitrogens with zero attached hydrogens (tertiary/aromatic N) is 5. The molecule has 12 heteroatoms. The van der Waals surface area contributed by atoms with Gasteiger partial charge in [0, 0.05) is 81.2 Å². The van der Waals surface area contributed by atoms with Crippen molar-refractivity contribution in [3.8, 4) is 22.8 Å². The molecule has 45 heavy (non-hydrogen) atoms. The van der Waals surface area contributed by atoms with Crippen molar-refractivity contribution in [2.45, 2.75) is 13.3 Å². The molecule has 0 unspecified atom stereocenters. The van der Waals surface area contributed by atoms with E-state index in [4.69, 9.17) is 14.2 Å². The number of likely N-dealkylation sites (N-methyl/N-ethyl adjacent to an activating group) is 1. The number of anilines is 2. The molecule has 0 saturated carbocycles. The first-order chi connectivity index (χ1) is 22.0. The summed E-state index contributed by atoms with van der Waals surface area (Å²) in [6.45, 7) is 5.77. The maximum atomic E-state index is 15.5. The molecule has 0 atom stereocenters. The third kappa shape index (κ3) is 7.31. The third-order valence-corrected chi connectivity index (χ3v) is 7.74. The van der Waals surface area contributed by atoms with Gasteiger partial charge in [-0.2, -0.15) is 9.97 Å². The van der Waals surface area contributed by atoms with Crippen molar-refractivity contribution in [1.82, 2.24) is 29.3 Å². The van der Waals surface area contributed by atoms with Crippen molar-refractivity contribution >= 4 is 22.7 Å². The lowest BCUT2D eigenvalue weighted by atomic mass is 10.1. The average Bonchev–Trinajstić information content (AvgIpc) is 3.47. The second-order valence-corrected chi connectivity index (χ2v) is 10.9. The minimum atomic E-state index is -0.504. The van der Waals surface area contributed by atoms with Crippen LogP contribution >= 0.6 is 0 Å². The fourth-order valence-electron chi connectivity index (χ4n) is 5.20. The zero-order chi connectivity index (χ0) is 31.2. The van der Waals surface area contributed by atoms with E-state index in [1.54, 1.807) is 43.8 Å². The number of benzene rings is 2. The highest BCUT2D eigenvalue weighted by Gasteiger charge is 2.20. The zero-order valence-corrected chi connectivity index (χ0v) is 25.3. The maximum Gasteiger partial charge on any atom is 0.253 e. The van der Waals surface area contributed by atoms with Crippen molar-refractivity contribution in [2.24, 2.45) is 0 Å². The number of methoxy groups -OCH3 is 1. The minimum absolute atomic E-state index is 0.0361. The summed E-state index contributed by atoms with van der Waals surface area (Å²) in [5.74, 6) is 0.428. The number of pyridine rings is 1. The van der Waals surface area contributed by atoms with Crippen LogP contribution in [0.5, 0.6) is 11.6 Å². The number of halogens is 1. The first-order valence-electron chi connectivity index (χ1n) is 14.8. The van der Waals surface area contributed by atoms with Gasteiger partial charge < -0.3 is 29.4 Å². The molecule has 2 aromatic carbocycles. The van der Waals surface area contributed by atoms with Gasteiger partial charge in [0.1, 0.15) is 23.8 Å². The Morgan fingerprint density at radius 3 is 2.53 bits per heavy atom. The number of aromatic nitrogens is 4. The molecule has 234 valence electrons. The molecule has 1 aliphatic heterocycles. The Morgan fingerprint density at radius 1 is 0.956 bits per heavy atom. The van der Waals surface area contributed by atoms with Gasteiger partial charge in [0.05, 0.1) is 12.0 Å². The molecule has 2 N–H and O–H groups in total. The van der Waals surface area contributed by atoms with Crippen LogP contribution in [-0.4, -0.2) is 82.9 Å². The van der Waals surface area contributed by atoms with Crippen molar-refractivity contribution in [3.05, 3.63) is 94.8 Å². The molecular weight excluding hydrogens is 577 g/mol. The second-order valence-electron chi connectivity index (χ2n) is 10.9. The quantitative estimate of drug-likeness (QED) is 0.197. The molecular formula is C33H36FN7O4. The van der Waals surface area contributed by atoms with E-state index >= 15 is 4.39 Å². The van der Waals surface area contributed by atoms with E-state index in [1.807, 2.05) is 12.1 Å². The van der Waals surface area contributed by atoms with Gasteiger partial charge in [-0.15, -0.1) is 0 Å². The Balaban J connectivity index is 1.21. The topological polar surface area (TPSA) is 110 Å². The van der Waals surface area contributed by atoms with E-state index in [9.17, 15) is 4.79 Å². The number of nitrogens with one attached hydrogen (secondary N) is 2. The summed E-state index contributed by atoms with van der Waals surface area (Å²) in [6, 6.07) is 17.6. The molecule has 0 bridgehead atoms. The number of fused-ring (bicyclic) bond motifs is 1. The normalized spacial score (nSPS) is 14.1. The van der Waals surface area contributed by atoms with Gasteiger partial charge >= 0.3 is 0 Å². The highest BCUT2D eigenvalue weighted by atomic mass is 19.1. The largest absolute Gasteiger partial charge is 0.475 e. The van der Waals surface area contributed by atoms with E-state index in [1.165, 1.54) is 22.3 Å².